The van der Waals surface area contributed by atoms with Crippen molar-refractivity contribution >= 4 is 33.0 Å². The number of aromatic amines is 1. The van der Waals surface area contributed by atoms with E-state index in [-0.39, 0.29) is 16.3 Å². The first kappa shape index (κ1) is 35.4. The minimum atomic E-state index is -3.88. The number of nitrogens with one attached hydrogen (secondary N) is 2. The molecule has 0 aliphatic carbocycles. The van der Waals surface area contributed by atoms with Gasteiger partial charge in [0.25, 0.3) is 5.56 Å². The van der Waals surface area contributed by atoms with Crippen molar-refractivity contribution in [2.75, 3.05) is 19.7 Å². The molecule has 246 valence electrons. The molecule has 1 aliphatic heterocycles. The molecule has 0 saturated carbocycles. The Bertz CT molecular complexity index is 1690. The highest BCUT2D eigenvalue weighted by molar-refractivity contribution is 7.89. The summed E-state index contributed by atoms with van der Waals surface area (Å²) in [6.07, 6.45) is 5.53. The molecule has 4 N–H and O–H groups in total. The Hall–Kier alpha value is -4.08. The van der Waals surface area contributed by atoms with Crippen LogP contribution in [0.4, 0.5) is 0 Å². The summed E-state index contributed by atoms with van der Waals surface area (Å²) in [5.41, 5.74) is 1.07. The quantitative estimate of drug-likeness (QED) is 0.199. The summed E-state index contributed by atoms with van der Waals surface area (Å²) >= 11 is 0. The van der Waals surface area contributed by atoms with Crippen molar-refractivity contribution in [2.45, 2.75) is 83.8 Å². The van der Waals surface area contributed by atoms with Crippen LogP contribution >= 0.6 is 0 Å². The van der Waals surface area contributed by atoms with Gasteiger partial charge in [0.1, 0.15) is 17.1 Å². The van der Waals surface area contributed by atoms with Crippen LogP contribution in [0.1, 0.15) is 66.0 Å². The van der Waals surface area contributed by atoms with E-state index in [1.54, 1.807) is 10.7 Å². The van der Waals surface area contributed by atoms with Gasteiger partial charge in [-0.25, -0.2) is 23.0 Å². The van der Waals surface area contributed by atoms with Gasteiger partial charge in [0.05, 0.1) is 28.4 Å². The third kappa shape index (κ3) is 8.99. The van der Waals surface area contributed by atoms with Crippen LogP contribution in [0.3, 0.4) is 0 Å². The molecule has 0 radical (unpaired) electrons. The molecule has 3 heterocycles. The van der Waals surface area contributed by atoms with Gasteiger partial charge in [-0.2, -0.15) is 9.82 Å². The predicted octanol–water partition coefficient (Wildman–Crippen LogP) is 3.37. The number of carboxylic acid groups (broad SMARTS) is 2. The lowest BCUT2D eigenvalue weighted by molar-refractivity contribution is -0.134. The molecule has 0 atom stereocenters. The first-order valence-corrected chi connectivity index (χ1v) is 16.4. The molecule has 1 fully saturated rings. The number of rotatable bonds is 13. The Morgan fingerprint density at radius 1 is 1.09 bits per heavy atom. The number of carboxylic acids is 2. The van der Waals surface area contributed by atoms with Crippen molar-refractivity contribution in [1.29, 1.82) is 0 Å². The number of nitrogens with zero attached hydrogens (tertiary/aromatic N) is 4. The van der Waals surface area contributed by atoms with E-state index in [1.807, 2.05) is 34.6 Å². The number of sulfonamides is 1. The zero-order valence-electron chi connectivity index (χ0n) is 26.3. The predicted molar refractivity (Wildman–Crippen MR) is 169 cm³/mol. The summed E-state index contributed by atoms with van der Waals surface area (Å²) in [5, 5.41) is 20.2. The maximum atomic E-state index is 13.5. The van der Waals surface area contributed by atoms with Crippen molar-refractivity contribution in [1.82, 2.24) is 29.4 Å². The fourth-order valence-electron chi connectivity index (χ4n) is 4.98. The van der Waals surface area contributed by atoms with Crippen LogP contribution in [0.5, 0.6) is 5.75 Å². The second-order valence-corrected chi connectivity index (χ2v) is 12.7. The third-order valence-corrected chi connectivity index (χ3v) is 8.72. The van der Waals surface area contributed by atoms with Crippen LogP contribution in [0, 0.1) is 0 Å². The first-order chi connectivity index (χ1) is 21.2. The summed E-state index contributed by atoms with van der Waals surface area (Å²) in [4.78, 5) is 42.1. The number of ether oxygens (including phenoxy) is 1. The molecule has 1 saturated heterocycles. The van der Waals surface area contributed by atoms with Gasteiger partial charge in [-0.15, -0.1) is 0 Å². The normalized spacial score (nSPS) is 14.1. The van der Waals surface area contributed by atoms with Crippen LogP contribution in [0.25, 0.3) is 22.4 Å². The van der Waals surface area contributed by atoms with Gasteiger partial charge >= 0.3 is 11.9 Å². The Balaban J connectivity index is 0.000000610. The van der Waals surface area contributed by atoms with Gasteiger partial charge in [-0.05, 0) is 77.7 Å². The number of hydrogen-bond acceptors (Lipinski definition) is 9. The van der Waals surface area contributed by atoms with Crippen molar-refractivity contribution in [3.63, 3.8) is 0 Å². The minimum Gasteiger partial charge on any atom is -0.493 e. The van der Waals surface area contributed by atoms with E-state index in [4.69, 9.17) is 19.9 Å². The first-order valence-electron chi connectivity index (χ1n) is 14.9. The topological polar surface area (TPSA) is 197 Å². The summed E-state index contributed by atoms with van der Waals surface area (Å²) < 4.78 is 37.4. The van der Waals surface area contributed by atoms with Crippen LogP contribution < -0.4 is 15.0 Å². The number of carbonyl (C=O) groups is 2. The lowest BCUT2D eigenvalue weighted by Crippen LogP contribution is -2.55. The van der Waals surface area contributed by atoms with Crippen molar-refractivity contribution in [2.24, 2.45) is 0 Å². The van der Waals surface area contributed by atoms with E-state index in [2.05, 4.69) is 19.7 Å². The lowest BCUT2D eigenvalue weighted by atomic mass is 10.1. The number of H-pyrrole nitrogens is 1. The third-order valence-electron chi connectivity index (χ3n) is 7.08. The number of fused-ring (bicyclic) bond motifs is 1. The van der Waals surface area contributed by atoms with Crippen molar-refractivity contribution < 1.29 is 33.0 Å². The van der Waals surface area contributed by atoms with E-state index in [9.17, 15) is 22.8 Å². The Morgan fingerprint density at radius 3 is 2.29 bits per heavy atom. The van der Waals surface area contributed by atoms with Gasteiger partial charge < -0.3 is 19.9 Å². The molecule has 2 aromatic heterocycles. The average Bonchev–Trinajstić information content (AvgIpc) is 3.65. The maximum absolute atomic E-state index is 13.5. The number of benzene rings is 1. The van der Waals surface area contributed by atoms with E-state index in [0.717, 1.165) is 44.5 Å². The molecule has 4 rings (SSSR count). The van der Waals surface area contributed by atoms with Crippen LogP contribution in [0.15, 0.2) is 40.0 Å². The number of aliphatic carboxylic acids is 2. The zero-order valence-corrected chi connectivity index (χ0v) is 27.1. The second-order valence-electron chi connectivity index (χ2n) is 11.0. The van der Waals surface area contributed by atoms with E-state index in [1.165, 1.54) is 12.1 Å². The Labute approximate surface area is 262 Å². The summed E-state index contributed by atoms with van der Waals surface area (Å²) in [5.74, 6) is -1.80. The Morgan fingerprint density at radius 2 is 1.73 bits per heavy atom. The molecule has 14 nitrogen and oxygen atoms in total. The highest BCUT2D eigenvalue weighted by atomic mass is 32.2. The van der Waals surface area contributed by atoms with Crippen LogP contribution in [-0.2, 0) is 32.6 Å². The molecular formula is C30H42N6O8S. The number of hydrogen-bond donors (Lipinski definition) is 4. The van der Waals surface area contributed by atoms with Gasteiger partial charge in [-0.3, -0.25) is 14.4 Å². The minimum absolute atomic E-state index is 0.0828. The average molecular weight is 647 g/mol. The van der Waals surface area contributed by atoms with Crippen molar-refractivity contribution in [3.05, 3.63) is 46.4 Å². The van der Waals surface area contributed by atoms with E-state index >= 15 is 0 Å². The molecular weight excluding hydrogens is 604 g/mol. The van der Waals surface area contributed by atoms with Crippen LogP contribution in [-0.4, -0.2) is 80.6 Å². The highest BCUT2D eigenvalue weighted by Crippen LogP contribution is 2.32. The summed E-state index contributed by atoms with van der Waals surface area (Å²) in [6.45, 7) is 12.4. The van der Waals surface area contributed by atoms with Crippen molar-refractivity contribution in [3.8, 4) is 17.1 Å². The molecule has 15 heteroatoms. The fourth-order valence-corrected chi connectivity index (χ4v) is 6.41. The molecule has 1 aromatic carbocycles. The Kier molecular flexibility index (Phi) is 12.0. The fraction of sp³-hybridized carbons (Fsp3) is 0.500. The molecule has 0 unspecified atom stereocenters. The SMILES string of the molecule is CCCOc1ccc(S(=O)(=O)NC(C)(C)N2CCCC2)cc1-c1nc2c(CCC)nn(CC)c2c(=O)[nH]1.O=C(O)C=CC(=O)O. The summed E-state index contributed by atoms with van der Waals surface area (Å²) in [6, 6.07) is 4.70. The van der Waals surface area contributed by atoms with Crippen LogP contribution in [0.2, 0.25) is 0 Å². The molecule has 45 heavy (non-hydrogen) atoms. The standard InChI is InChI=1S/C26H38N6O4S.C4H4O4/c1-6-11-20-22-23(32(8-3)29-20)25(33)28-24(27-22)19-17-18(12-13-21(19)36-16-7-2)37(34,35)30-26(4,5)31-14-9-10-15-31;5-3(6)1-2-4(7)8/h12-13,17,30H,6-11,14-16H2,1-5H3,(H,27,28,33);1-2H,(H,5,6)(H,7,8). The van der Waals surface area contributed by atoms with E-state index < -0.39 is 27.6 Å². The van der Waals surface area contributed by atoms with Gasteiger partial charge in [0.15, 0.2) is 5.52 Å². The highest BCUT2D eigenvalue weighted by Gasteiger charge is 2.34. The lowest BCUT2D eigenvalue weighted by Gasteiger charge is -2.35. The molecule has 0 spiro atoms. The molecule has 0 amide bonds. The van der Waals surface area contributed by atoms with E-state index in [0.29, 0.717) is 54.1 Å². The summed E-state index contributed by atoms with van der Waals surface area (Å²) in [7, 11) is -3.88. The maximum Gasteiger partial charge on any atom is 0.328 e. The van der Waals surface area contributed by atoms with Gasteiger partial charge in [-0.1, -0.05) is 20.3 Å². The molecule has 0 bridgehead atoms. The second kappa shape index (κ2) is 15.3. The largest absolute Gasteiger partial charge is 0.493 e. The molecule has 1 aliphatic rings. The number of aryl methyl sites for hydroxylation is 2. The van der Waals surface area contributed by atoms with Gasteiger partial charge in [0, 0.05) is 18.7 Å². The monoisotopic (exact) mass is 646 g/mol. The zero-order chi connectivity index (χ0) is 33.4. The molecule has 3 aromatic rings. The number of likely N-dealkylation sites (tertiary alicyclic amines) is 1. The van der Waals surface area contributed by atoms with Gasteiger partial charge in [0.2, 0.25) is 10.0 Å². The smallest absolute Gasteiger partial charge is 0.328 e. The number of aromatic nitrogens is 4.